The molecule has 6 heteroatoms. The first-order valence-electron chi connectivity index (χ1n) is 8.95. The minimum atomic E-state index is -0.481. The van der Waals surface area contributed by atoms with Gasteiger partial charge >= 0.3 is 0 Å². The van der Waals surface area contributed by atoms with Crippen molar-refractivity contribution in [2.75, 3.05) is 6.54 Å². The quantitative estimate of drug-likeness (QED) is 0.586. The first-order chi connectivity index (χ1) is 11.9. The molecule has 0 aliphatic rings. The fraction of sp³-hybridized carbons (Fsp3) is 0.579. The summed E-state index contributed by atoms with van der Waals surface area (Å²) in [5, 5.41) is 3.86. The molecule has 2 amide bonds. The van der Waals surface area contributed by atoms with Crippen molar-refractivity contribution in [1.29, 1.82) is 0 Å². The third-order valence-corrected chi connectivity index (χ3v) is 4.76. The molecule has 140 valence electrons. The maximum atomic E-state index is 12.6. The Hall–Kier alpha value is -1.26. The van der Waals surface area contributed by atoms with Crippen LogP contribution in [0.2, 0.25) is 10.0 Å². The third-order valence-electron chi connectivity index (χ3n) is 4.02. The van der Waals surface area contributed by atoms with Crippen LogP contribution in [-0.4, -0.2) is 29.3 Å². The van der Waals surface area contributed by atoms with Crippen LogP contribution in [0.25, 0.3) is 0 Å². The highest BCUT2D eigenvalue weighted by Crippen LogP contribution is 2.24. The maximum Gasteiger partial charge on any atom is 0.242 e. The molecule has 1 atom stereocenters. The summed E-state index contributed by atoms with van der Waals surface area (Å²) in [7, 11) is 0. The Bertz CT molecular complexity index is 579. The van der Waals surface area contributed by atoms with Crippen molar-refractivity contribution in [1.82, 2.24) is 10.2 Å². The molecular weight excluding hydrogens is 359 g/mol. The van der Waals surface area contributed by atoms with Crippen molar-refractivity contribution in [3.63, 3.8) is 0 Å². The Kier molecular flexibility index (Phi) is 9.91. The van der Waals surface area contributed by atoms with Gasteiger partial charge in [-0.15, -0.1) is 0 Å². The highest BCUT2D eigenvalue weighted by molar-refractivity contribution is 6.42. The van der Waals surface area contributed by atoms with Crippen LogP contribution in [0.15, 0.2) is 18.2 Å². The van der Waals surface area contributed by atoms with Gasteiger partial charge in [0.05, 0.1) is 10.0 Å². The highest BCUT2D eigenvalue weighted by atomic mass is 35.5. The molecule has 0 spiro atoms. The number of carbonyl (C=O) groups excluding carboxylic acids is 2. The molecule has 0 heterocycles. The van der Waals surface area contributed by atoms with Crippen LogP contribution in [0.3, 0.4) is 0 Å². The topological polar surface area (TPSA) is 49.4 Å². The van der Waals surface area contributed by atoms with E-state index in [1.807, 2.05) is 19.9 Å². The smallest absolute Gasteiger partial charge is 0.242 e. The Balaban J connectivity index is 2.98. The fourth-order valence-electron chi connectivity index (χ4n) is 2.62. The molecular formula is C19H28Cl2N2O2. The van der Waals surface area contributed by atoms with Crippen LogP contribution < -0.4 is 5.32 Å². The molecule has 1 aromatic rings. The highest BCUT2D eigenvalue weighted by Gasteiger charge is 2.27. The summed E-state index contributed by atoms with van der Waals surface area (Å²) < 4.78 is 0. The largest absolute Gasteiger partial charge is 0.354 e. The van der Waals surface area contributed by atoms with E-state index in [-0.39, 0.29) is 11.8 Å². The molecule has 0 radical (unpaired) electrons. The van der Waals surface area contributed by atoms with Gasteiger partial charge in [0.2, 0.25) is 11.8 Å². The number of benzene rings is 1. The van der Waals surface area contributed by atoms with Crippen molar-refractivity contribution in [3.8, 4) is 0 Å². The lowest BCUT2D eigenvalue weighted by Gasteiger charge is -2.30. The van der Waals surface area contributed by atoms with Crippen molar-refractivity contribution in [2.45, 2.75) is 65.5 Å². The number of hydrogen-bond acceptors (Lipinski definition) is 2. The van der Waals surface area contributed by atoms with Gasteiger partial charge in [-0.2, -0.15) is 0 Å². The second kappa shape index (κ2) is 11.4. The summed E-state index contributed by atoms with van der Waals surface area (Å²) in [6, 6.07) is 4.81. The molecule has 1 unspecified atom stereocenters. The van der Waals surface area contributed by atoms with Crippen LogP contribution in [0.1, 0.15) is 58.4 Å². The molecule has 0 aliphatic carbocycles. The van der Waals surface area contributed by atoms with Gasteiger partial charge in [0, 0.05) is 19.5 Å². The van der Waals surface area contributed by atoms with Crippen LogP contribution in [-0.2, 0) is 16.1 Å². The Morgan fingerprint density at radius 2 is 1.84 bits per heavy atom. The summed E-state index contributed by atoms with van der Waals surface area (Å²) in [5.74, 6) is -0.119. The van der Waals surface area contributed by atoms with E-state index in [2.05, 4.69) is 12.2 Å². The van der Waals surface area contributed by atoms with E-state index in [1.54, 1.807) is 17.0 Å². The van der Waals surface area contributed by atoms with E-state index in [0.29, 0.717) is 36.0 Å². The van der Waals surface area contributed by atoms with Crippen LogP contribution >= 0.6 is 23.2 Å². The summed E-state index contributed by atoms with van der Waals surface area (Å²) in [6.07, 6.45) is 3.66. The van der Waals surface area contributed by atoms with Gasteiger partial charge in [-0.25, -0.2) is 0 Å². The molecule has 1 N–H and O–H groups in total. The Labute approximate surface area is 160 Å². The monoisotopic (exact) mass is 386 g/mol. The normalized spacial score (nSPS) is 11.9. The van der Waals surface area contributed by atoms with Gasteiger partial charge in [-0.3, -0.25) is 9.59 Å². The average Bonchev–Trinajstić information content (AvgIpc) is 2.58. The zero-order valence-corrected chi connectivity index (χ0v) is 16.8. The fourth-order valence-corrected chi connectivity index (χ4v) is 2.94. The SMILES string of the molecule is CCCCNC(=O)C(CC)N(Cc1ccc(Cl)c(Cl)c1)C(=O)CCC. The Morgan fingerprint density at radius 1 is 1.12 bits per heavy atom. The lowest BCUT2D eigenvalue weighted by molar-refractivity contribution is -0.141. The molecule has 0 bridgehead atoms. The molecule has 25 heavy (non-hydrogen) atoms. The molecule has 1 aromatic carbocycles. The number of carbonyl (C=O) groups is 2. The zero-order valence-electron chi connectivity index (χ0n) is 15.3. The standard InChI is InChI=1S/C19H28Cl2N2O2/c1-4-7-11-22-19(25)17(6-3)23(18(24)8-5-2)13-14-9-10-15(20)16(21)12-14/h9-10,12,17H,4-8,11,13H2,1-3H3,(H,22,25). The van der Waals surface area contributed by atoms with Crippen molar-refractivity contribution < 1.29 is 9.59 Å². The summed E-state index contributed by atoms with van der Waals surface area (Å²) in [4.78, 5) is 26.8. The van der Waals surface area contributed by atoms with Gasteiger partial charge in [-0.05, 0) is 37.0 Å². The van der Waals surface area contributed by atoms with Gasteiger partial charge in [0.25, 0.3) is 0 Å². The number of unbranched alkanes of at least 4 members (excludes halogenated alkanes) is 1. The van der Waals surface area contributed by atoms with E-state index in [1.165, 1.54) is 0 Å². The van der Waals surface area contributed by atoms with Gasteiger partial charge < -0.3 is 10.2 Å². The molecule has 4 nitrogen and oxygen atoms in total. The van der Waals surface area contributed by atoms with Gasteiger partial charge in [0.15, 0.2) is 0 Å². The first-order valence-corrected chi connectivity index (χ1v) is 9.71. The number of nitrogens with one attached hydrogen (secondary N) is 1. The van der Waals surface area contributed by atoms with Crippen LogP contribution in [0, 0.1) is 0 Å². The van der Waals surface area contributed by atoms with E-state index >= 15 is 0 Å². The van der Waals surface area contributed by atoms with Crippen molar-refractivity contribution in [2.24, 2.45) is 0 Å². The van der Waals surface area contributed by atoms with E-state index < -0.39 is 6.04 Å². The van der Waals surface area contributed by atoms with E-state index in [4.69, 9.17) is 23.2 Å². The van der Waals surface area contributed by atoms with E-state index in [0.717, 1.165) is 24.8 Å². The van der Waals surface area contributed by atoms with Crippen molar-refractivity contribution in [3.05, 3.63) is 33.8 Å². The Morgan fingerprint density at radius 3 is 2.40 bits per heavy atom. The number of amides is 2. The third kappa shape index (κ3) is 6.87. The minimum Gasteiger partial charge on any atom is -0.354 e. The lowest BCUT2D eigenvalue weighted by atomic mass is 10.1. The summed E-state index contributed by atoms with van der Waals surface area (Å²) in [5.41, 5.74) is 0.860. The number of nitrogens with zero attached hydrogens (tertiary/aromatic N) is 1. The molecule has 0 aliphatic heterocycles. The van der Waals surface area contributed by atoms with E-state index in [9.17, 15) is 9.59 Å². The zero-order chi connectivity index (χ0) is 18.8. The predicted octanol–water partition coefficient (Wildman–Crippen LogP) is 4.82. The van der Waals surface area contributed by atoms with Crippen LogP contribution in [0.4, 0.5) is 0 Å². The lowest BCUT2D eigenvalue weighted by Crippen LogP contribution is -2.49. The van der Waals surface area contributed by atoms with Crippen LogP contribution in [0.5, 0.6) is 0 Å². The molecule has 0 saturated carbocycles. The molecule has 0 aromatic heterocycles. The van der Waals surface area contributed by atoms with Gasteiger partial charge in [-0.1, -0.05) is 56.5 Å². The number of halogens is 2. The first kappa shape index (κ1) is 21.8. The molecule has 0 fully saturated rings. The minimum absolute atomic E-state index is 0.0222. The predicted molar refractivity (Wildman–Crippen MR) is 104 cm³/mol. The number of hydrogen-bond donors (Lipinski definition) is 1. The number of rotatable bonds is 10. The second-order valence-corrected chi connectivity index (χ2v) is 6.90. The average molecular weight is 387 g/mol. The maximum absolute atomic E-state index is 12.6. The summed E-state index contributed by atoms with van der Waals surface area (Å²) >= 11 is 12.0. The van der Waals surface area contributed by atoms with Gasteiger partial charge in [0.1, 0.15) is 6.04 Å². The molecule has 1 rings (SSSR count). The van der Waals surface area contributed by atoms with Crippen molar-refractivity contribution >= 4 is 35.0 Å². The second-order valence-electron chi connectivity index (χ2n) is 6.09. The summed E-state index contributed by atoms with van der Waals surface area (Å²) in [6.45, 7) is 6.93. The molecule has 0 saturated heterocycles.